The largest absolute Gasteiger partial charge is 0.495 e. The van der Waals surface area contributed by atoms with Gasteiger partial charge >= 0.3 is 5.97 Å². The van der Waals surface area contributed by atoms with Gasteiger partial charge in [0.2, 0.25) is 5.91 Å². The summed E-state index contributed by atoms with van der Waals surface area (Å²) in [6.45, 7) is 3.55. The minimum absolute atomic E-state index is 0.302. The molecule has 0 aliphatic heterocycles. The van der Waals surface area contributed by atoms with E-state index in [1.54, 1.807) is 32.0 Å². The van der Waals surface area contributed by atoms with E-state index >= 15 is 0 Å². The number of methoxy groups -OCH3 is 1. The minimum atomic E-state index is -0.942. The van der Waals surface area contributed by atoms with E-state index < -0.39 is 23.2 Å². The predicted octanol–water partition coefficient (Wildman–Crippen LogP) is 2.64. The Balaban J connectivity index is 2.10. The second-order valence-electron chi connectivity index (χ2n) is 5.45. The Bertz CT molecular complexity index is 570. The Morgan fingerprint density at radius 3 is 2.45 bits per heavy atom. The van der Waals surface area contributed by atoms with Crippen molar-refractivity contribution in [1.29, 1.82) is 0 Å². The molecular formula is C14H16ClNO4. The van der Waals surface area contributed by atoms with Crippen molar-refractivity contribution in [2.75, 3.05) is 12.4 Å². The fourth-order valence-electron chi connectivity index (χ4n) is 2.55. The van der Waals surface area contributed by atoms with Crippen LogP contribution in [0, 0.1) is 17.3 Å². The molecule has 5 nitrogen and oxygen atoms in total. The van der Waals surface area contributed by atoms with Crippen LogP contribution in [0.4, 0.5) is 5.69 Å². The Labute approximate surface area is 121 Å². The predicted molar refractivity (Wildman–Crippen MR) is 75.0 cm³/mol. The highest BCUT2D eigenvalue weighted by Crippen LogP contribution is 2.58. The summed E-state index contributed by atoms with van der Waals surface area (Å²) in [4.78, 5) is 23.2. The lowest BCUT2D eigenvalue weighted by atomic mass is 10.1. The first kappa shape index (κ1) is 14.7. The number of carboxylic acid groups (broad SMARTS) is 1. The molecule has 6 heteroatoms. The first-order chi connectivity index (χ1) is 9.28. The Morgan fingerprint density at radius 2 is 2.00 bits per heavy atom. The van der Waals surface area contributed by atoms with E-state index in [1.807, 2.05) is 0 Å². The van der Waals surface area contributed by atoms with Crippen molar-refractivity contribution >= 4 is 29.2 Å². The molecule has 0 aromatic heterocycles. The smallest absolute Gasteiger partial charge is 0.307 e. The lowest BCUT2D eigenvalue weighted by Gasteiger charge is -2.08. The third-order valence-corrected chi connectivity index (χ3v) is 4.09. The molecule has 1 aromatic carbocycles. The molecule has 0 spiro atoms. The molecular weight excluding hydrogens is 282 g/mol. The highest BCUT2D eigenvalue weighted by Gasteiger charge is 2.65. The molecule has 1 fully saturated rings. The lowest BCUT2D eigenvalue weighted by Crippen LogP contribution is -2.17. The minimum Gasteiger partial charge on any atom is -0.495 e. The Hall–Kier alpha value is -1.75. The van der Waals surface area contributed by atoms with Crippen LogP contribution in [0.2, 0.25) is 5.02 Å². The molecule has 2 atom stereocenters. The number of benzene rings is 1. The first-order valence-corrected chi connectivity index (χ1v) is 6.54. The van der Waals surface area contributed by atoms with Gasteiger partial charge in [-0.25, -0.2) is 0 Å². The van der Waals surface area contributed by atoms with E-state index in [0.29, 0.717) is 16.5 Å². The van der Waals surface area contributed by atoms with E-state index in [4.69, 9.17) is 21.4 Å². The monoisotopic (exact) mass is 297 g/mol. The van der Waals surface area contributed by atoms with Crippen molar-refractivity contribution in [3.05, 3.63) is 23.2 Å². The van der Waals surface area contributed by atoms with Gasteiger partial charge in [0.05, 0.1) is 24.0 Å². The summed E-state index contributed by atoms with van der Waals surface area (Å²) in [6, 6.07) is 4.88. The zero-order valence-electron chi connectivity index (χ0n) is 11.4. The number of halogens is 1. The third-order valence-electron chi connectivity index (χ3n) is 3.80. The van der Waals surface area contributed by atoms with Gasteiger partial charge in [-0.05, 0) is 23.6 Å². The maximum absolute atomic E-state index is 12.1. The number of aliphatic carboxylic acids is 1. The van der Waals surface area contributed by atoms with Crippen LogP contribution in [0.15, 0.2) is 18.2 Å². The quantitative estimate of drug-likeness (QED) is 0.896. The molecule has 0 unspecified atom stereocenters. The van der Waals surface area contributed by atoms with E-state index in [-0.39, 0.29) is 5.91 Å². The number of hydrogen-bond acceptors (Lipinski definition) is 3. The number of ether oxygens (including phenoxy) is 1. The number of anilines is 1. The van der Waals surface area contributed by atoms with Crippen LogP contribution in [0.3, 0.4) is 0 Å². The van der Waals surface area contributed by atoms with Gasteiger partial charge in [-0.2, -0.15) is 0 Å². The zero-order chi connectivity index (χ0) is 15.1. The number of carbonyl (C=O) groups excluding carboxylic acids is 1. The van der Waals surface area contributed by atoms with Gasteiger partial charge in [-0.1, -0.05) is 25.4 Å². The van der Waals surface area contributed by atoms with Crippen LogP contribution in [0.5, 0.6) is 5.75 Å². The van der Waals surface area contributed by atoms with Crippen molar-refractivity contribution in [3.8, 4) is 5.75 Å². The van der Waals surface area contributed by atoms with Crippen LogP contribution in [0.25, 0.3) is 0 Å². The van der Waals surface area contributed by atoms with Crippen LogP contribution in [0.1, 0.15) is 13.8 Å². The molecule has 1 aliphatic carbocycles. The summed E-state index contributed by atoms with van der Waals surface area (Å²) >= 11 is 5.97. The molecule has 2 rings (SSSR count). The highest BCUT2D eigenvalue weighted by atomic mass is 35.5. The Morgan fingerprint density at radius 1 is 1.35 bits per heavy atom. The van der Waals surface area contributed by atoms with Crippen molar-refractivity contribution in [3.63, 3.8) is 0 Å². The van der Waals surface area contributed by atoms with Gasteiger partial charge in [0.15, 0.2) is 0 Å². The van der Waals surface area contributed by atoms with Gasteiger partial charge in [0.1, 0.15) is 5.75 Å². The number of amides is 1. The SMILES string of the molecule is COc1ccc(NC(=O)[C@H]2[C@@H](C(=O)O)C2(C)C)cc1Cl. The number of hydrogen-bond donors (Lipinski definition) is 2. The standard InChI is InChI=1S/C14H16ClNO4/c1-14(2)10(11(14)13(18)19)12(17)16-7-4-5-9(20-3)8(15)6-7/h4-6,10-11H,1-3H3,(H,16,17)(H,18,19)/t10-,11+/m1/s1. The molecule has 1 saturated carbocycles. The average molecular weight is 298 g/mol. The molecule has 0 heterocycles. The fourth-order valence-corrected chi connectivity index (χ4v) is 2.81. The normalized spacial score (nSPS) is 23.0. The van der Waals surface area contributed by atoms with E-state index in [0.717, 1.165) is 0 Å². The average Bonchev–Trinajstić information content (AvgIpc) is 2.93. The molecule has 0 bridgehead atoms. The molecule has 1 aromatic rings. The number of carbonyl (C=O) groups is 2. The zero-order valence-corrected chi connectivity index (χ0v) is 12.2. The summed E-state index contributed by atoms with van der Waals surface area (Å²) in [7, 11) is 1.50. The summed E-state index contributed by atoms with van der Waals surface area (Å²) in [5.74, 6) is -1.90. The Kier molecular flexibility index (Phi) is 3.65. The second-order valence-corrected chi connectivity index (χ2v) is 5.86. The highest BCUT2D eigenvalue weighted by molar-refractivity contribution is 6.32. The van der Waals surface area contributed by atoms with Crippen molar-refractivity contribution < 1.29 is 19.4 Å². The third kappa shape index (κ3) is 2.45. The van der Waals surface area contributed by atoms with Crippen molar-refractivity contribution in [2.24, 2.45) is 17.3 Å². The van der Waals surface area contributed by atoms with Crippen LogP contribution >= 0.6 is 11.6 Å². The van der Waals surface area contributed by atoms with Gasteiger partial charge in [-0.15, -0.1) is 0 Å². The van der Waals surface area contributed by atoms with Crippen LogP contribution in [-0.2, 0) is 9.59 Å². The molecule has 20 heavy (non-hydrogen) atoms. The maximum atomic E-state index is 12.1. The van der Waals surface area contributed by atoms with Crippen molar-refractivity contribution in [1.82, 2.24) is 0 Å². The van der Waals surface area contributed by atoms with Crippen LogP contribution < -0.4 is 10.1 Å². The van der Waals surface area contributed by atoms with Gasteiger partial charge in [0, 0.05) is 5.69 Å². The lowest BCUT2D eigenvalue weighted by molar-refractivity contribution is -0.140. The van der Waals surface area contributed by atoms with E-state index in [2.05, 4.69) is 5.32 Å². The second kappa shape index (κ2) is 4.98. The number of nitrogens with one attached hydrogen (secondary N) is 1. The number of rotatable bonds is 4. The summed E-state index contributed by atoms with van der Waals surface area (Å²) in [5, 5.41) is 12.1. The summed E-state index contributed by atoms with van der Waals surface area (Å²) in [6.07, 6.45) is 0. The van der Waals surface area contributed by atoms with E-state index in [9.17, 15) is 9.59 Å². The molecule has 1 amide bonds. The first-order valence-electron chi connectivity index (χ1n) is 6.16. The van der Waals surface area contributed by atoms with Gasteiger partial charge in [0.25, 0.3) is 0 Å². The van der Waals surface area contributed by atoms with Crippen LogP contribution in [-0.4, -0.2) is 24.1 Å². The topological polar surface area (TPSA) is 75.6 Å². The molecule has 108 valence electrons. The van der Waals surface area contributed by atoms with Gasteiger partial charge < -0.3 is 15.2 Å². The van der Waals surface area contributed by atoms with Crippen molar-refractivity contribution in [2.45, 2.75) is 13.8 Å². The summed E-state index contributed by atoms with van der Waals surface area (Å²) in [5.41, 5.74) is -0.000683. The van der Waals surface area contributed by atoms with E-state index in [1.165, 1.54) is 7.11 Å². The molecule has 2 N–H and O–H groups in total. The molecule has 0 saturated heterocycles. The maximum Gasteiger partial charge on any atom is 0.307 e. The molecule has 1 aliphatic rings. The number of carboxylic acids is 1. The summed E-state index contributed by atoms with van der Waals surface area (Å²) < 4.78 is 5.02. The fraction of sp³-hybridized carbons (Fsp3) is 0.429. The van der Waals surface area contributed by atoms with Gasteiger partial charge in [-0.3, -0.25) is 9.59 Å². The molecule has 0 radical (unpaired) electrons.